The van der Waals surface area contributed by atoms with Crippen LogP contribution in [0.15, 0.2) is 12.1 Å². The molecule has 1 aromatic heterocycles. The minimum atomic E-state index is -0.429. The van der Waals surface area contributed by atoms with Crippen molar-refractivity contribution >= 4 is 17.3 Å². The number of nitrogens with zero attached hydrogens (tertiary/aromatic N) is 2. The second kappa shape index (κ2) is 5.18. The first kappa shape index (κ1) is 12.6. The van der Waals surface area contributed by atoms with Crippen molar-refractivity contribution in [3.63, 3.8) is 0 Å². The third-order valence-electron chi connectivity index (χ3n) is 3.10. The Labute approximate surface area is 105 Å². The van der Waals surface area contributed by atoms with Crippen LogP contribution in [0.5, 0.6) is 0 Å². The van der Waals surface area contributed by atoms with Gasteiger partial charge in [0.15, 0.2) is 0 Å². The lowest BCUT2D eigenvalue weighted by molar-refractivity contribution is -0.384. The Hall–Kier alpha value is -1.89. The van der Waals surface area contributed by atoms with Crippen molar-refractivity contribution in [2.24, 2.45) is 0 Å². The monoisotopic (exact) mass is 252 g/mol. The molecule has 7 heteroatoms. The predicted octanol–water partition coefficient (Wildman–Crippen LogP) is 1.62. The number of pyridine rings is 1. The molecule has 1 heterocycles. The highest BCUT2D eigenvalue weighted by atomic mass is 16.6. The fourth-order valence-corrected chi connectivity index (χ4v) is 1.91. The lowest BCUT2D eigenvalue weighted by Gasteiger charge is -2.34. The summed E-state index contributed by atoms with van der Waals surface area (Å²) in [4.78, 5) is 14.7. The summed E-state index contributed by atoms with van der Waals surface area (Å²) in [5, 5.41) is 16.9. The Morgan fingerprint density at radius 1 is 1.50 bits per heavy atom. The normalized spacial score (nSPS) is 22.1. The topological polar surface area (TPSA) is 89.3 Å². The fraction of sp³-hybridized carbons (Fsp3) is 0.545. The third kappa shape index (κ3) is 2.51. The van der Waals surface area contributed by atoms with Gasteiger partial charge in [-0.15, -0.1) is 0 Å². The van der Waals surface area contributed by atoms with Crippen LogP contribution in [0.25, 0.3) is 0 Å². The Balaban J connectivity index is 2.12. The van der Waals surface area contributed by atoms with E-state index in [0.717, 1.165) is 12.8 Å². The summed E-state index contributed by atoms with van der Waals surface area (Å²) >= 11 is 0. The van der Waals surface area contributed by atoms with Gasteiger partial charge in [-0.05, 0) is 18.9 Å². The molecule has 0 saturated heterocycles. The molecule has 2 N–H and O–H groups in total. The van der Waals surface area contributed by atoms with Crippen LogP contribution < -0.4 is 10.6 Å². The highest BCUT2D eigenvalue weighted by Gasteiger charge is 2.31. The second-order valence-corrected chi connectivity index (χ2v) is 4.24. The van der Waals surface area contributed by atoms with Gasteiger partial charge in [0, 0.05) is 26.3 Å². The lowest BCUT2D eigenvalue weighted by atomic mass is 9.89. The molecule has 1 aliphatic rings. The molecule has 0 unspecified atom stereocenters. The Morgan fingerprint density at radius 2 is 2.22 bits per heavy atom. The summed E-state index contributed by atoms with van der Waals surface area (Å²) in [6.45, 7) is 0. The van der Waals surface area contributed by atoms with Crippen molar-refractivity contribution in [2.45, 2.75) is 25.0 Å². The van der Waals surface area contributed by atoms with Crippen LogP contribution in [0.3, 0.4) is 0 Å². The molecule has 1 fully saturated rings. The molecule has 0 aliphatic heterocycles. The maximum absolute atomic E-state index is 10.9. The molecular formula is C11H16N4O3. The SMILES string of the molecule is CNc1ccc([N+](=O)[O-])c(NC2CC(OC)C2)n1. The molecule has 0 aromatic carbocycles. The predicted molar refractivity (Wildman–Crippen MR) is 67.9 cm³/mol. The van der Waals surface area contributed by atoms with Gasteiger partial charge in [0.25, 0.3) is 0 Å². The van der Waals surface area contributed by atoms with E-state index in [9.17, 15) is 10.1 Å². The van der Waals surface area contributed by atoms with E-state index in [0.29, 0.717) is 11.6 Å². The van der Waals surface area contributed by atoms with Crippen LogP contribution in [0.2, 0.25) is 0 Å². The van der Waals surface area contributed by atoms with Crippen LogP contribution in [-0.2, 0) is 4.74 Å². The third-order valence-corrected chi connectivity index (χ3v) is 3.10. The zero-order valence-electron chi connectivity index (χ0n) is 10.3. The maximum Gasteiger partial charge on any atom is 0.311 e. The maximum atomic E-state index is 10.9. The minimum absolute atomic E-state index is 0.00475. The van der Waals surface area contributed by atoms with Gasteiger partial charge in [-0.3, -0.25) is 10.1 Å². The number of nitrogens with one attached hydrogen (secondary N) is 2. The van der Waals surface area contributed by atoms with Crippen LogP contribution in [0, 0.1) is 10.1 Å². The van der Waals surface area contributed by atoms with E-state index in [1.165, 1.54) is 6.07 Å². The molecule has 7 nitrogen and oxygen atoms in total. The largest absolute Gasteiger partial charge is 0.381 e. The average molecular weight is 252 g/mol. The Bertz CT molecular complexity index is 446. The van der Waals surface area contributed by atoms with Crippen molar-refractivity contribution in [1.29, 1.82) is 0 Å². The smallest absolute Gasteiger partial charge is 0.311 e. The van der Waals surface area contributed by atoms with E-state index >= 15 is 0 Å². The number of hydrogen-bond donors (Lipinski definition) is 2. The molecule has 98 valence electrons. The first-order chi connectivity index (χ1) is 8.63. The fourth-order valence-electron chi connectivity index (χ4n) is 1.91. The molecule has 1 aromatic rings. The van der Waals surface area contributed by atoms with Crippen molar-refractivity contribution in [3.05, 3.63) is 22.2 Å². The first-order valence-electron chi connectivity index (χ1n) is 5.76. The number of aromatic nitrogens is 1. The Kier molecular flexibility index (Phi) is 3.61. The zero-order chi connectivity index (χ0) is 13.1. The van der Waals surface area contributed by atoms with Crippen LogP contribution >= 0.6 is 0 Å². The second-order valence-electron chi connectivity index (χ2n) is 4.24. The van der Waals surface area contributed by atoms with Crippen molar-refractivity contribution in [1.82, 2.24) is 4.98 Å². The quantitative estimate of drug-likeness (QED) is 0.611. The molecule has 0 bridgehead atoms. The average Bonchev–Trinajstić information content (AvgIpc) is 2.32. The number of methoxy groups -OCH3 is 1. The van der Waals surface area contributed by atoms with E-state index in [4.69, 9.17) is 4.74 Å². The summed E-state index contributed by atoms with van der Waals surface area (Å²) < 4.78 is 5.17. The molecule has 0 spiro atoms. The standard InChI is InChI=1S/C11H16N4O3/c1-12-10-4-3-9(15(16)17)11(14-10)13-7-5-8(6-7)18-2/h3-4,7-8H,5-6H2,1-2H3,(H2,12,13,14). The number of anilines is 2. The molecule has 2 rings (SSSR count). The van der Waals surface area contributed by atoms with E-state index in [-0.39, 0.29) is 17.8 Å². The van der Waals surface area contributed by atoms with Crippen LogP contribution in [-0.4, -0.2) is 36.2 Å². The highest BCUT2D eigenvalue weighted by Crippen LogP contribution is 2.30. The lowest BCUT2D eigenvalue weighted by Crippen LogP contribution is -2.40. The Morgan fingerprint density at radius 3 is 2.78 bits per heavy atom. The van der Waals surface area contributed by atoms with Gasteiger partial charge in [0.1, 0.15) is 5.82 Å². The highest BCUT2D eigenvalue weighted by molar-refractivity contribution is 5.60. The first-order valence-corrected chi connectivity index (χ1v) is 5.76. The van der Waals surface area contributed by atoms with Crippen LogP contribution in [0.1, 0.15) is 12.8 Å². The van der Waals surface area contributed by atoms with Crippen molar-refractivity contribution in [3.8, 4) is 0 Å². The van der Waals surface area contributed by atoms with Gasteiger partial charge in [-0.1, -0.05) is 0 Å². The van der Waals surface area contributed by atoms with E-state index in [2.05, 4.69) is 15.6 Å². The van der Waals surface area contributed by atoms with Gasteiger partial charge in [0.2, 0.25) is 5.82 Å². The van der Waals surface area contributed by atoms with Gasteiger partial charge >= 0.3 is 5.69 Å². The summed E-state index contributed by atoms with van der Waals surface area (Å²) in [6, 6.07) is 3.23. The minimum Gasteiger partial charge on any atom is -0.381 e. The molecule has 1 aliphatic carbocycles. The summed E-state index contributed by atoms with van der Waals surface area (Å²) in [5.74, 6) is 0.914. The van der Waals surface area contributed by atoms with E-state index in [1.54, 1.807) is 20.2 Å². The number of ether oxygens (including phenoxy) is 1. The number of nitro groups is 1. The molecule has 0 radical (unpaired) electrons. The summed E-state index contributed by atoms with van der Waals surface area (Å²) in [7, 11) is 3.39. The van der Waals surface area contributed by atoms with Gasteiger partial charge in [0.05, 0.1) is 11.0 Å². The number of hydrogen-bond acceptors (Lipinski definition) is 6. The summed E-state index contributed by atoms with van der Waals surface area (Å²) in [6.07, 6.45) is 1.94. The zero-order valence-corrected chi connectivity index (χ0v) is 10.3. The van der Waals surface area contributed by atoms with Crippen molar-refractivity contribution < 1.29 is 9.66 Å². The van der Waals surface area contributed by atoms with Crippen molar-refractivity contribution in [2.75, 3.05) is 24.8 Å². The number of rotatable bonds is 5. The van der Waals surface area contributed by atoms with Gasteiger partial charge < -0.3 is 15.4 Å². The van der Waals surface area contributed by atoms with E-state index < -0.39 is 4.92 Å². The molecule has 0 amide bonds. The molecule has 0 atom stereocenters. The molecular weight excluding hydrogens is 236 g/mol. The van der Waals surface area contributed by atoms with Gasteiger partial charge in [-0.2, -0.15) is 0 Å². The molecule has 18 heavy (non-hydrogen) atoms. The summed E-state index contributed by atoms with van der Waals surface area (Å²) in [5.41, 5.74) is -0.00475. The van der Waals surface area contributed by atoms with E-state index in [1.807, 2.05) is 0 Å². The van der Waals surface area contributed by atoms with Crippen LogP contribution in [0.4, 0.5) is 17.3 Å². The molecule has 1 saturated carbocycles. The van der Waals surface area contributed by atoms with Gasteiger partial charge in [-0.25, -0.2) is 4.98 Å².